The lowest BCUT2D eigenvalue weighted by Crippen LogP contribution is -2.74. The number of alkyl halides is 34. The van der Waals surface area contributed by atoms with E-state index < -0.39 is 154 Å². The Morgan fingerprint density at radius 3 is 0.714 bits per heavy atom. The van der Waals surface area contributed by atoms with Crippen LogP contribution in [0, 0.1) is 6.92 Å². The largest absolute Gasteiger partial charge is 0.460 e. The quantitative estimate of drug-likeness (QED) is 0.0933. The SMILES string of the molecule is Cc1cccc(P(c2cccc(C(F)(F)C(F)(F)C(F)(F)C(F)(F)C(F)(F)C(F)(F)C(F)(F)C(F)(F)F)c2)c2cccc(C(F)(F)C(F)(F)C(F)(F)C(F)(F)C(F)(F)C(F)(F)C(F)(F)C(F)(F)F)c2)c1. The molecule has 0 aliphatic rings. The number of hydrogen-bond acceptors (Lipinski definition) is 0. The van der Waals surface area contributed by atoms with E-state index in [2.05, 4.69) is 0 Å². The zero-order valence-electron chi connectivity index (χ0n) is 32.2. The summed E-state index contributed by atoms with van der Waals surface area (Å²) < 4.78 is 476. The number of benzene rings is 3. The average molecular weight is 1110 g/mol. The summed E-state index contributed by atoms with van der Waals surface area (Å²) in [7, 11) is -3.52. The summed E-state index contributed by atoms with van der Waals surface area (Å²) in [6.07, 6.45) is -16.2. The Morgan fingerprint density at radius 2 is 0.471 bits per heavy atom. The van der Waals surface area contributed by atoms with Crippen molar-refractivity contribution < 1.29 is 149 Å². The summed E-state index contributed by atoms with van der Waals surface area (Å²) in [5.41, 5.74) is -5.98. The van der Waals surface area contributed by atoms with Crippen LogP contribution in [0.1, 0.15) is 16.7 Å². The van der Waals surface area contributed by atoms with Crippen LogP contribution in [0.15, 0.2) is 72.8 Å². The molecule has 0 atom stereocenters. The van der Waals surface area contributed by atoms with Crippen molar-refractivity contribution >= 4 is 23.8 Å². The van der Waals surface area contributed by atoms with E-state index in [1.807, 2.05) is 0 Å². The summed E-state index contributed by atoms with van der Waals surface area (Å²) in [6, 6.07) is 1.32. The second-order valence-electron chi connectivity index (χ2n) is 14.3. The molecule has 0 radical (unpaired) electrons. The first kappa shape index (κ1) is 60.0. The molecule has 3 rings (SSSR count). The molecule has 0 aliphatic heterocycles. The molecule has 3 aromatic carbocycles. The van der Waals surface area contributed by atoms with Gasteiger partial charge in [0.15, 0.2) is 0 Å². The Balaban J connectivity index is 2.31. The summed E-state index contributed by atoms with van der Waals surface area (Å²) in [5, 5.41) is -3.40. The first-order valence-corrected chi connectivity index (χ1v) is 18.4. The third kappa shape index (κ3) is 8.11. The Morgan fingerprint density at radius 1 is 0.257 bits per heavy atom. The van der Waals surface area contributed by atoms with Crippen LogP contribution < -0.4 is 15.9 Å². The van der Waals surface area contributed by atoms with Crippen LogP contribution in [0.25, 0.3) is 0 Å². The molecule has 0 heterocycles. The minimum Gasteiger partial charge on any atom is -0.194 e. The second kappa shape index (κ2) is 16.9. The summed E-state index contributed by atoms with van der Waals surface area (Å²) in [4.78, 5) is 0. The molecule has 0 spiro atoms. The molecule has 35 heteroatoms. The fourth-order valence-corrected chi connectivity index (χ4v) is 8.05. The maximum atomic E-state index is 15.4. The highest BCUT2D eigenvalue weighted by molar-refractivity contribution is 7.79. The number of aryl methyl sites for hydroxylation is 1. The van der Waals surface area contributed by atoms with Gasteiger partial charge in [-0.3, -0.25) is 0 Å². The van der Waals surface area contributed by atoms with E-state index in [0.29, 0.717) is 6.07 Å². The number of rotatable bonds is 17. The van der Waals surface area contributed by atoms with E-state index in [4.69, 9.17) is 0 Å². The van der Waals surface area contributed by atoms with Gasteiger partial charge in [-0.05, 0) is 42.9 Å². The van der Waals surface area contributed by atoms with Crippen LogP contribution in [-0.4, -0.2) is 83.4 Å². The van der Waals surface area contributed by atoms with Crippen molar-refractivity contribution in [2.45, 2.75) is 102 Å². The molecule has 0 aliphatic carbocycles. The third-order valence-electron chi connectivity index (χ3n) is 9.64. The standard InChI is InChI=1S/C35H15F34P/c1-14-5-2-8-17(11-14)70(18-9-3-6-15(12-18)20(36,37)22(40,41)24(44,45)26(48,49)28(52,53)30(56,57)32(60,61)34(64,65)66)19-10-4-7-16(13-19)21(38,39)23(42,43)25(46,47)27(50,51)29(54,55)31(58,59)33(62,63)35(67,68)69/h2-13H,1H3. The molecule has 0 fully saturated rings. The molecule has 0 N–H and O–H groups in total. The maximum Gasteiger partial charge on any atom is 0.460 e. The van der Waals surface area contributed by atoms with Crippen LogP contribution in [0.4, 0.5) is 149 Å². The zero-order valence-corrected chi connectivity index (χ0v) is 33.1. The van der Waals surface area contributed by atoms with Crippen molar-refractivity contribution in [3.8, 4) is 0 Å². The molecular formula is C35H15F34P. The van der Waals surface area contributed by atoms with E-state index >= 15 is 17.6 Å². The minimum atomic E-state index is -9.06. The van der Waals surface area contributed by atoms with Crippen LogP contribution in [0.2, 0.25) is 0 Å². The van der Waals surface area contributed by atoms with Gasteiger partial charge in [0.05, 0.1) is 0 Å². The van der Waals surface area contributed by atoms with E-state index in [9.17, 15) is 132 Å². The topological polar surface area (TPSA) is 0 Å². The summed E-state index contributed by atoms with van der Waals surface area (Å²) in [6.45, 7) is 1.06. The molecule has 0 amide bonds. The van der Waals surface area contributed by atoms with Crippen molar-refractivity contribution in [1.82, 2.24) is 0 Å². The lowest BCUT2D eigenvalue weighted by molar-refractivity contribution is -0.462. The monoisotopic (exact) mass is 1110 g/mol. The maximum absolute atomic E-state index is 15.4. The van der Waals surface area contributed by atoms with Gasteiger partial charge in [-0.25, -0.2) is 0 Å². The highest BCUT2D eigenvalue weighted by Crippen LogP contribution is 2.67. The highest BCUT2D eigenvalue weighted by atomic mass is 31.1. The van der Waals surface area contributed by atoms with Crippen molar-refractivity contribution in [3.63, 3.8) is 0 Å². The molecule has 0 unspecified atom stereocenters. The Kier molecular flexibility index (Phi) is 14.5. The minimum absolute atomic E-state index is 0.0732. The van der Waals surface area contributed by atoms with Gasteiger partial charge in [-0.2, -0.15) is 149 Å². The highest BCUT2D eigenvalue weighted by Gasteiger charge is 2.97. The van der Waals surface area contributed by atoms with E-state index in [0.717, 1.165) is 25.1 Å². The van der Waals surface area contributed by atoms with Gasteiger partial charge in [0.1, 0.15) is 0 Å². The van der Waals surface area contributed by atoms with Crippen molar-refractivity contribution in [2.24, 2.45) is 0 Å². The lowest BCUT2D eigenvalue weighted by Gasteiger charge is -2.43. The van der Waals surface area contributed by atoms with E-state index in [-0.39, 0.29) is 29.8 Å². The number of hydrogen-bond donors (Lipinski definition) is 0. The van der Waals surface area contributed by atoms with Crippen LogP contribution >= 0.6 is 7.92 Å². The molecule has 3 aromatic rings. The van der Waals surface area contributed by atoms with Crippen molar-refractivity contribution in [1.29, 1.82) is 0 Å². The predicted molar refractivity (Wildman–Crippen MR) is 169 cm³/mol. The van der Waals surface area contributed by atoms with Gasteiger partial charge in [-0.15, -0.1) is 0 Å². The number of halogens is 34. The smallest absolute Gasteiger partial charge is 0.194 e. The van der Waals surface area contributed by atoms with E-state index in [1.165, 1.54) is 0 Å². The van der Waals surface area contributed by atoms with Gasteiger partial charge in [0.2, 0.25) is 0 Å². The molecule has 0 saturated heterocycles. The summed E-state index contributed by atoms with van der Waals surface area (Å²) >= 11 is 0. The average Bonchev–Trinajstić information content (AvgIpc) is 3.19. The summed E-state index contributed by atoms with van der Waals surface area (Å²) in [5.74, 6) is -120. The Hall–Kier alpha value is -4.29. The third-order valence-corrected chi connectivity index (χ3v) is 12.0. The molecule has 0 bridgehead atoms. The van der Waals surface area contributed by atoms with Crippen LogP contribution in [0.5, 0.6) is 0 Å². The van der Waals surface area contributed by atoms with Crippen molar-refractivity contribution in [3.05, 3.63) is 89.5 Å². The van der Waals surface area contributed by atoms with Crippen molar-refractivity contribution in [2.75, 3.05) is 0 Å². The normalized spacial score (nSPS) is 15.8. The molecular weight excluding hydrogens is 1100 g/mol. The fourth-order valence-electron chi connectivity index (χ4n) is 5.59. The Labute approximate surface area is 365 Å². The van der Waals surface area contributed by atoms with E-state index in [1.54, 1.807) is 0 Å². The Bertz CT molecular complexity index is 2230. The van der Waals surface area contributed by atoms with Gasteiger partial charge in [0, 0.05) is 11.1 Å². The van der Waals surface area contributed by atoms with Gasteiger partial charge >= 0.3 is 95.3 Å². The molecule has 398 valence electrons. The van der Waals surface area contributed by atoms with Gasteiger partial charge < -0.3 is 0 Å². The van der Waals surface area contributed by atoms with Gasteiger partial charge in [0.25, 0.3) is 0 Å². The second-order valence-corrected chi connectivity index (χ2v) is 16.5. The molecule has 70 heavy (non-hydrogen) atoms. The van der Waals surface area contributed by atoms with Crippen LogP contribution in [-0.2, 0) is 11.8 Å². The predicted octanol–water partition coefficient (Wildman–Crippen LogP) is 14.7. The molecule has 0 nitrogen and oxygen atoms in total. The molecule has 0 saturated carbocycles. The zero-order chi connectivity index (χ0) is 55.5. The van der Waals surface area contributed by atoms with Gasteiger partial charge in [-0.1, -0.05) is 66.2 Å². The first-order valence-electron chi connectivity index (χ1n) is 17.1. The van der Waals surface area contributed by atoms with Crippen LogP contribution in [0.3, 0.4) is 0 Å². The molecule has 0 aromatic heterocycles. The fraction of sp³-hybridized carbons (Fsp3) is 0.486. The first-order chi connectivity index (χ1) is 30.6. The lowest BCUT2D eigenvalue weighted by atomic mass is 9.87.